The molecule has 4 nitrogen and oxygen atoms in total. The van der Waals surface area contributed by atoms with Gasteiger partial charge in [0.25, 0.3) is 0 Å². The summed E-state index contributed by atoms with van der Waals surface area (Å²) in [7, 11) is 0. The normalized spacial score (nSPS) is 16.4. The van der Waals surface area contributed by atoms with Crippen molar-refractivity contribution in [1.82, 2.24) is 5.32 Å². The van der Waals surface area contributed by atoms with Crippen molar-refractivity contribution in [3.63, 3.8) is 0 Å². The first-order valence-electron chi connectivity index (χ1n) is 10.7. The number of aryl methyl sites for hydroxylation is 1. The van der Waals surface area contributed by atoms with Crippen molar-refractivity contribution >= 4 is 11.6 Å². The number of hydrogen-bond donors (Lipinski definition) is 2. The first kappa shape index (κ1) is 20.2. The highest BCUT2D eigenvalue weighted by Gasteiger charge is 2.28. The van der Waals surface area contributed by atoms with Crippen LogP contribution in [0.15, 0.2) is 78.9 Å². The lowest BCUT2D eigenvalue weighted by molar-refractivity contribution is -0.118. The van der Waals surface area contributed by atoms with Gasteiger partial charge in [0.1, 0.15) is 11.8 Å². The maximum absolute atomic E-state index is 13.4. The number of amides is 1. The molecule has 0 fully saturated rings. The van der Waals surface area contributed by atoms with Crippen molar-refractivity contribution < 1.29 is 9.53 Å². The first-order chi connectivity index (χ1) is 14.8. The third-order valence-electron chi connectivity index (χ3n) is 5.58. The summed E-state index contributed by atoms with van der Waals surface area (Å²) in [5.41, 5.74) is 4.31. The Bertz CT molecular complexity index is 987. The topological polar surface area (TPSA) is 50.4 Å². The van der Waals surface area contributed by atoms with E-state index in [1.165, 1.54) is 11.1 Å². The minimum Gasteiger partial charge on any atom is -0.492 e. The maximum Gasteiger partial charge on any atom is 0.246 e. The van der Waals surface area contributed by atoms with E-state index >= 15 is 0 Å². The number of carbonyl (C=O) groups is 1. The molecule has 0 saturated heterocycles. The average molecular weight is 401 g/mol. The molecule has 3 aromatic rings. The molecule has 154 valence electrons. The van der Waals surface area contributed by atoms with Crippen LogP contribution in [0.25, 0.3) is 0 Å². The second-order valence-electron chi connectivity index (χ2n) is 7.57. The molecule has 1 aliphatic carbocycles. The first-order valence-corrected chi connectivity index (χ1v) is 10.7. The quantitative estimate of drug-likeness (QED) is 0.556. The molecule has 4 heteroatoms. The van der Waals surface area contributed by atoms with Gasteiger partial charge >= 0.3 is 0 Å². The summed E-state index contributed by atoms with van der Waals surface area (Å²) >= 11 is 0. The standard InChI is InChI=1S/C26H28N2O2/c1-2-30-24-18-9-8-16-23(24)28-26(29)25(20-12-4-3-5-13-20)27-22-17-10-14-19-11-6-7-15-21(19)22/h3-9,11-13,15-16,18,22,25,27H,2,10,14,17H2,1H3,(H,28,29)/t22-,25-/m1/s1. The zero-order valence-corrected chi connectivity index (χ0v) is 17.3. The Morgan fingerprint density at radius 3 is 2.57 bits per heavy atom. The van der Waals surface area contributed by atoms with Crippen LogP contribution in [0.2, 0.25) is 0 Å². The molecule has 0 aromatic heterocycles. The Kier molecular flexibility index (Phi) is 6.45. The van der Waals surface area contributed by atoms with E-state index in [9.17, 15) is 4.79 Å². The van der Waals surface area contributed by atoms with E-state index in [1.807, 2.05) is 61.5 Å². The third-order valence-corrected chi connectivity index (χ3v) is 5.58. The summed E-state index contributed by atoms with van der Waals surface area (Å²) in [6.45, 7) is 2.49. The number of nitrogens with one attached hydrogen (secondary N) is 2. The fourth-order valence-corrected chi connectivity index (χ4v) is 4.15. The summed E-state index contributed by atoms with van der Waals surface area (Å²) in [5, 5.41) is 6.73. The molecule has 3 aromatic carbocycles. The average Bonchev–Trinajstić information content (AvgIpc) is 2.79. The third kappa shape index (κ3) is 4.55. The van der Waals surface area contributed by atoms with E-state index < -0.39 is 6.04 Å². The number of para-hydroxylation sites is 2. The Balaban J connectivity index is 1.61. The number of hydrogen-bond acceptors (Lipinski definition) is 3. The van der Waals surface area contributed by atoms with Crippen LogP contribution in [0.3, 0.4) is 0 Å². The number of carbonyl (C=O) groups excluding carboxylic acids is 1. The molecule has 0 spiro atoms. The molecule has 2 atom stereocenters. The maximum atomic E-state index is 13.4. The molecule has 0 unspecified atom stereocenters. The zero-order valence-electron chi connectivity index (χ0n) is 17.3. The second-order valence-corrected chi connectivity index (χ2v) is 7.57. The van der Waals surface area contributed by atoms with Crippen LogP contribution in [-0.2, 0) is 11.2 Å². The molecular formula is C26H28N2O2. The van der Waals surface area contributed by atoms with Crippen molar-refractivity contribution in [2.24, 2.45) is 0 Å². The molecule has 0 bridgehead atoms. The van der Waals surface area contributed by atoms with Gasteiger partial charge in [0.15, 0.2) is 0 Å². The SMILES string of the molecule is CCOc1ccccc1NC(=O)[C@H](N[C@@H]1CCCc2ccccc21)c1ccccc1. The van der Waals surface area contributed by atoms with Crippen LogP contribution in [0.5, 0.6) is 5.75 Å². The van der Waals surface area contributed by atoms with Crippen molar-refractivity contribution in [2.45, 2.75) is 38.3 Å². The zero-order chi connectivity index (χ0) is 20.8. The minimum atomic E-state index is -0.461. The van der Waals surface area contributed by atoms with Gasteiger partial charge in [-0.15, -0.1) is 0 Å². The second kappa shape index (κ2) is 9.59. The molecule has 0 radical (unpaired) electrons. The van der Waals surface area contributed by atoms with E-state index in [0.29, 0.717) is 18.0 Å². The van der Waals surface area contributed by atoms with Gasteiger partial charge in [0.05, 0.1) is 12.3 Å². The Morgan fingerprint density at radius 2 is 1.73 bits per heavy atom. The molecule has 0 aliphatic heterocycles. The van der Waals surface area contributed by atoms with Crippen LogP contribution in [0.4, 0.5) is 5.69 Å². The number of ether oxygens (including phenoxy) is 1. The highest BCUT2D eigenvalue weighted by molar-refractivity contribution is 5.96. The van der Waals surface area contributed by atoms with E-state index in [1.54, 1.807) is 0 Å². The number of benzene rings is 3. The lowest BCUT2D eigenvalue weighted by atomic mass is 9.87. The van der Waals surface area contributed by atoms with Crippen molar-refractivity contribution in [3.8, 4) is 5.75 Å². The van der Waals surface area contributed by atoms with E-state index in [4.69, 9.17) is 4.74 Å². The predicted octanol–water partition coefficient (Wildman–Crippen LogP) is 5.43. The summed E-state index contributed by atoms with van der Waals surface area (Å²) in [4.78, 5) is 13.4. The minimum absolute atomic E-state index is 0.0867. The van der Waals surface area contributed by atoms with Gasteiger partial charge < -0.3 is 10.1 Å². The molecule has 30 heavy (non-hydrogen) atoms. The smallest absolute Gasteiger partial charge is 0.246 e. The Labute approximate surface area is 178 Å². The molecule has 0 saturated carbocycles. The fourth-order valence-electron chi connectivity index (χ4n) is 4.15. The molecule has 1 aliphatic rings. The lowest BCUT2D eigenvalue weighted by Crippen LogP contribution is -2.36. The van der Waals surface area contributed by atoms with E-state index in [2.05, 4.69) is 34.9 Å². The fraction of sp³-hybridized carbons (Fsp3) is 0.269. The predicted molar refractivity (Wildman–Crippen MR) is 121 cm³/mol. The van der Waals surface area contributed by atoms with Crippen LogP contribution in [0, 0.1) is 0 Å². The van der Waals surface area contributed by atoms with Crippen molar-refractivity contribution in [2.75, 3.05) is 11.9 Å². The number of rotatable bonds is 7. The van der Waals surface area contributed by atoms with Gasteiger partial charge in [-0.25, -0.2) is 0 Å². The van der Waals surface area contributed by atoms with Crippen LogP contribution >= 0.6 is 0 Å². The lowest BCUT2D eigenvalue weighted by Gasteiger charge is -2.30. The molecule has 0 heterocycles. The van der Waals surface area contributed by atoms with Crippen molar-refractivity contribution in [3.05, 3.63) is 95.6 Å². The van der Waals surface area contributed by atoms with Gasteiger partial charge in [0, 0.05) is 6.04 Å². The van der Waals surface area contributed by atoms with Crippen LogP contribution in [-0.4, -0.2) is 12.5 Å². The molecule has 1 amide bonds. The number of anilines is 1. The highest BCUT2D eigenvalue weighted by atomic mass is 16.5. The molecule has 4 rings (SSSR count). The number of fused-ring (bicyclic) bond motifs is 1. The highest BCUT2D eigenvalue weighted by Crippen LogP contribution is 2.32. The monoisotopic (exact) mass is 400 g/mol. The summed E-state index contributed by atoms with van der Waals surface area (Å²) in [6.07, 6.45) is 3.23. The van der Waals surface area contributed by atoms with Crippen LogP contribution < -0.4 is 15.4 Å². The van der Waals surface area contributed by atoms with Gasteiger partial charge in [-0.05, 0) is 55.0 Å². The van der Waals surface area contributed by atoms with Crippen molar-refractivity contribution in [1.29, 1.82) is 0 Å². The summed E-state index contributed by atoms with van der Waals surface area (Å²) < 4.78 is 5.68. The van der Waals surface area contributed by atoms with Gasteiger partial charge in [0.2, 0.25) is 5.91 Å². The van der Waals surface area contributed by atoms with Gasteiger partial charge in [-0.1, -0.05) is 66.7 Å². The van der Waals surface area contributed by atoms with Gasteiger partial charge in [-0.2, -0.15) is 0 Å². The molecular weight excluding hydrogens is 372 g/mol. The Morgan fingerprint density at radius 1 is 1.00 bits per heavy atom. The largest absolute Gasteiger partial charge is 0.492 e. The van der Waals surface area contributed by atoms with Gasteiger partial charge in [-0.3, -0.25) is 10.1 Å². The van der Waals surface area contributed by atoms with E-state index in [-0.39, 0.29) is 11.9 Å². The molecule has 2 N–H and O–H groups in total. The van der Waals surface area contributed by atoms with E-state index in [0.717, 1.165) is 24.8 Å². The summed E-state index contributed by atoms with van der Waals surface area (Å²) in [5.74, 6) is 0.597. The van der Waals surface area contributed by atoms with Crippen LogP contribution in [0.1, 0.15) is 48.5 Å². The summed E-state index contributed by atoms with van der Waals surface area (Å²) in [6, 6.07) is 25.7. The Hall–Kier alpha value is -3.11.